The summed E-state index contributed by atoms with van der Waals surface area (Å²) in [6.07, 6.45) is 10.6. The summed E-state index contributed by atoms with van der Waals surface area (Å²) in [5.41, 5.74) is 2.26. The van der Waals surface area contributed by atoms with Gasteiger partial charge in [-0.3, -0.25) is 4.79 Å². The molecule has 0 spiro atoms. The number of esters is 1. The highest BCUT2D eigenvalue weighted by Gasteiger charge is 2.56. The Balaban J connectivity index is 1.85. The summed E-state index contributed by atoms with van der Waals surface area (Å²) < 4.78 is 10.7. The van der Waals surface area contributed by atoms with Crippen LogP contribution in [0.3, 0.4) is 0 Å². The molecule has 0 aliphatic heterocycles. The summed E-state index contributed by atoms with van der Waals surface area (Å²) in [5.74, 6) is 0.439. The van der Waals surface area contributed by atoms with Crippen molar-refractivity contribution in [3.8, 4) is 0 Å². The first kappa shape index (κ1) is 19.2. The Morgan fingerprint density at radius 1 is 1.46 bits per heavy atom. The summed E-state index contributed by atoms with van der Waals surface area (Å²) in [6, 6.07) is 2.01. The van der Waals surface area contributed by atoms with Crippen molar-refractivity contribution in [2.75, 3.05) is 13.2 Å². The molecule has 1 aromatic heterocycles. The van der Waals surface area contributed by atoms with Crippen molar-refractivity contribution < 1.29 is 19.1 Å². The first-order valence-electron chi connectivity index (χ1n) is 9.84. The Hall–Kier alpha value is -1.55. The number of rotatable bonds is 6. The number of hydrogen-bond donors (Lipinski definition) is 1. The van der Waals surface area contributed by atoms with E-state index in [1.54, 1.807) is 12.5 Å². The minimum absolute atomic E-state index is 0.0682. The van der Waals surface area contributed by atoms with Crippen LogP contribution >= 0.6 is 0 Å². The lowest BCUT2D eigenvalue weighted by atomic mass is 9.46. The number of aryl methyl sites for hydroxylation is 1. The van der Waals surface area contributed by atoms with E-state index in [4.69, 9.17) is 9.15 Å². The maximum absolute atomic E-state index is 11.4. The van der Waals surface area contributed by atoms with Gasteiger partial charge in [0.15, 0.2) is 0 Å². The standard InChI is InChI=1S/C22H32O4/c1-16-5-8-20-21(3,15-26-17(2)24)10-4-11-22(20,14-23)19(16)7-6-18-9-12-25-13-18/h9,12-13,19-20,23H,1,4-8,10-11,14-15H2,2-3H3/t19-,20-,21+,22-/m1/s1. The normalized spacial score (nSPS) is 34.3. The number of ether oxygens (including phenoxy) is 1. The van der Waals surface area contributed by atoms with Crippen molar-refractivity contribution in [2.45, 2.75) is 58.8 Å². The van der Waals surface area contributed by atoms with Crippen LogP contribution in [0.4, 0.5) is 0 Å². The predicted octanol–water partition coefficient (Wildman–Crippen LogP) is 4.53. The molecule has 4 heteroatoms. The summed E-state index contributed by atoms with van der Waals surface area (Å²) in [4.78, 5) is 11.4. The highest BCUT2D eigenvalue weighted by molar-refractivity contribution is 5.65. The lowest BCUT2D eigenvalue weighted by Gasteiger charge is -2.59. The molecule has 2 aliphatic carbocycles. The lowest BCUT2D eigenvalue weighted by Crippen LogP contribution is -2.55. The second kappa shape index (κ2) is 7.59. The molecule has 2 saturated carbocycles. The maximum atomic E-state index is 11.4. The number of carbonyl (C=O) groups excluding carboxylic acids is 1. The van der Waals surface area contributed by atoms with Gasteiger partial charge in [0.25, 0.3) is 0 Å². The van der Waals surface area contributed by atoms with Crippen molar-refractivity contribution in [1.29, 1.82) is 0 Å². The molecule has 1 heterocycles. The van der Waals surface area contributed by atoms with E-state index in [0.29, 0.717) is 18.4 Å². The molecule has 2 fully saturated rings. The zero-order valence-corrected chi connectivity index (χ0v) is 16.1. The second-order valence-corrected chi connectivity index (χ2v) is 8.65. The molecule has 0 bridgehead atoms. The molecule has 3 rings (SSSR count). The van der Waals surface area contributed by atoms with Gasteiger partial charge in [-0.1, -0.05) is 25.5 Å². The van der Waals surface area contributed by atoms with E-state index < -0.39 is 0 Å². The van der Waals surface area contributed by atoms with Gasteiger partial charge in [0.2, 0.25) is 0 Å². The van der Waals surface area contributed by atoms with Crippen LogP contribution in [0.25, 0.3) is 0 Å². The zero-order valence-electron chi connectivity index (χ0n) is 16.1. The number of fused-ring (bicyclic) bond motifs is 1. The van der Waals surface area contributed by atoms with E-state index in [1.807, 2.05) is 6.07 Å². The average Bonchev–Trinajstić information content (AvgIpc) is 3.13. The van der Waals surface area contributed by atoms with Gasteiger partial charge < -0.3 is 14.3 Å². The molecule has 1 N–H and O–H groups in total. The second-order valence-electron chi connectivity index (χ2n) is 8.65. The van der Waals surface area contributed by atoms with Gasteiger partial charge in [-0.05, 0) is 62.0 Å². The van der Waals surface area contributed by atoms with Crippen LogP contribution in [0, 0.1) is 22.7 Å². The lowest BCUT2D eigenvalue weighted by molar-refractivity contribution is -0.157. The smallest absolute Gasteiger partial charge is 0.302 e. The van der Waals surface area contributed by atoms with Gasteiger partial charge >= 0.3 is 5.97 Å². The fraction of sp³-hybridized carbons (Fsp3) is 0.682. The van der Waals surface area contributed by atoms with E-state index in [-0.39, 0.29) is 23.4 Å². The Labute approximate surface area is 156 Å². The number of allylic oxidation sites excluding steroid dienone is 1. The number of aliphatic hydroxyl groups is 1. The van der Waals surface area contributed by atoms with Gasteiger partial charge in [-0.25, -0.2) is 0 Å². The van der Waals surface area contributed by atoms with Crippen molar-refractivity contribution in [3.05, 3.63) is 36.3 Å². The van der Waals surface area contributed by atoms with Crippen molar-refractivity contribution in [2.24, 2.45) is 22.7 Å². The highest BCUT2D eigenvalue weighted by atomic mass is 16.5. The molecule has 0 radical (unpaired) electrons. The molecule has 0 saturated heterocycles. The largest absolute Gasteiger partial charge is 0.472 e. The molecule has 0 aromatic carbocycles. The minimum atomic E-state index is -0.219. The summed E-state index contributed by atoms with van der Waals surface area (Å²) in [6.45, 7) is 8.73. The van der Waals surface area contributed by atoms with E-state index in [2.05, 4.69) is 13.5 Å². The number of carbonyl (C=O) groups is 1. The van der Waals surface area contributed by atoms with E-state index in [1.165, 1.54) is 18.1 Å². The molecule has 0 amide bonds. The number of furan rings is 1. The Kier molecular flexibility index (Phi) is 5.61. The van der Waals surface area contributed by atoms with Gasteiger partial charge in [0.1, 0.15) is 0 Å². The van der Waals surface area contributed by atoms with Crippen LogP contribution in [0.5, 0.6) is 0 Å². The number of hydrogen-bond acceptors (Lipinski definition) is 4. The molecule has 4 atom stereocenters. The third-order valence-corrected chi connectivity index (χ3v) is 7.07. The summed E-state index contributed by atoms with van der Waals surface area (Å²) in [5, 5.41) is 10.6. The predicted molar refractivity (Wildman–Crippen MR) is 100 cm³/mol. The molecule has 2 aliphatic rings. The molecule has 4 nitrogen and oxygen atoms in total. The SMILES string of the molecule is C=C1CC[C@@H]2[C@](C)(COC(C)=O)CCC[C@@]2(CO)[C@@H]1CCc1ccoc1. The van der Waals surface area contributed by atoms with Gasteiger partial charge in [-0.2, -0.15) is 0 Å². The molecular weight excluding hydrogens is 328 g/mol. The quantitative estimate of drug-likeness (QED) is 0.598. The van der Waals surface area contributed by atoms with Gasteiger partial charge in [0.05, 0.1) is 19.1 Å². The van der Waals surface area contributed by atoms with Crippen LogP contribution < -0.4 is 0 Å². The van der Waals surface area contributed by atoms with Crippen LogP contribution in [-0.4, -0.2) is 24.3 Å². The molecular formula is C22H32O4. The molecule has 144 valence electrons. The van der Waals surface area contributed by atoms with Crippen molar-refractivity contribution >= 4 is 5.97 Å². The van der Waals surface area contributed by atoms with Gasteiger partial charge in [0, 0.05) is 24.4 Å². The van der Waals surface area contributed by atoms with Crippen LogP contribution in [-0.2, 0) is 16.0 Å². The first-order chi connectivity index (χ1) is 12.4. The third kappa shape index (κ3) is 3.48. The minimum Gasteiger partial charge on any atom is -0.472 e. The Morgan fingerprint density at radius 2 is 2.27 bits per heavy atom. The Morgan fingerprint density at radius 3 is 2.92 bits per heavy atom. The summed E-state index contributed by atoms with van der Waals surface area (Å²) in [7, 11) is 0. The molecule has 0 unspecified atom stereocenters. The first-order valence-corrected chi connectivity index (χ1v) is 9.84. The Bertz CT molecular complexity index is 635. The maximum Gasteiger partial charge on any atom is 0.302 e. The van der Waals surface area contributed by atoms with Crippen LogP contribution in [0.15, 0.2) is 35.2 Å². The molecule has 26 heavy (non-hydrogen) atoms. The summed E-state index contributed by atoms with van der Waals surface area (Å²) >= 11 is 0. The van der Waals surface area contributed by atoms with E-state index in [9.17, 15) is 9.90 Å². The fourth-order valence-electron chi connectivity index (χ4n) is 5.80. The topological polar surface area (TPSA) is 59.7 Å². The zero-order chi connectivity index (χ0) is 18.8. The van der Waals surface area contributed by atoms with E-state index in [0.717, 1.165) is 44.9 Å². The fourth-order valence-corrected chi connectivity index (χ4v) is 5.80. The molecule has 1 aromatic rings. The highest BCUT2D eigenvalue weighted by Crippen LogP contribution is 2.61. The van der Waals surface area contributed by atoms with Gasteiger partial charge in [-0.15, -0.1) is 0 Å². The third-order valence-electron chi connectivity index (χ3n) is 7.07. The number of aliphatic hydroxyl groups excluding tert-OH is 1. The van der Waals surface area contributed by atoms with Crippen molar-refractivity contribution in [3.63, 3.8) is 0 Å². The van der Waals surface area contributed by atoms with Crippen LogP contribution in [0.1, 0.15) is 57.9 Å². The van der Waals surface area contributed by atoms with E-state index >= 15 is 0 Å². The average molecular weight is 360 g/mol. The van der Waals surface area contributed by atoms with Crippen LogP contribution in [0.2, 0.25) is 0 Å². The monoisotopic (exact) mass is 360 g/mol. The van der Waals surface area contributed by atoms with Crippen molar-refractivity contribution in [1.82, 2.24) is 0 Å².